The second-order valence-electron chi connectivity index (χ2n) is 6.33. The van der Waals surface area contributed by atoms with E-state index in [2.05, 4.69) is 48.1 Å². The fraction of sp³-hybridized carbons (Fsp3) is 0.857. The minimum atomic E-state index is 0.0612. The summed E-state index contributed by atoms with van der Waals surface area (Å²) >= 11 is 0. The summed E-state index contributed by atoms with van der Waals surface area (Å²) in [6.45, 7) is 10.3. The van der Waals surface area contributed by atoms with Crippen molar-refractivity contribution in [1.29, 1.82) is 0 Å². The Morgan fingerprint density at radius 3 is 2.79 bits per heavy atom. The second kappa shape index (κ2) is 5.90. The summed E-state index contributed by atoms with van der Waals surface area (Å²) in [6, 6.07) is 1.25. The molecular weight excluding hydrogens is 240 g/mol. The van der Waals surface area contributed by atoms with Crippen LogP contribution in [-0.2, 0) is 6.54 Å². The van der Waals surface area contributed by atoms with E-state index >= 15 is 0 Å². The van der Waals surface area contributed by atoms with E-state index in [0.29, 0.717) is 24.5 Å². The van der Waals surface area contributed by atoms with E-state index in [1.165, 1.54) is 19.3 Å². The lowest BCUT2D eigenvalue weighted by atomic mass is 10.0. The first-order chi connectivity index (χ1) is 8.99. The number of nitrogens with zero attached hydrogens (tertiary/aromatic N) is 3. The Morgan fingerprint density at radius 1 is 1.32 bits per heavy atom. The van der Waals surface area contributed by atoms with Crippen LogP contribution < -0.4 is 10.2 Å². The first-order valence-corrected chi connectivity index (χ1v) is 7.33. The summed E-state index contributed by atoms with van der Waals surface area (Å²) in [7, 11) is 0. The fourth-order valence-electron chi connectivity index (χ4n) is 2.45. The number of rotatable bonds is 4. The molecule has 1 saturated heterocycles. The minimum absolute atomic E-state index is 0.0612. The zero-order chi connectivity index (χ0) is 13.9. The third kappa shape index (κ3) is 3.93. The summed E-state index contributed by atoms with van der Waals surface area (Å²) in [4.78, 5) is 2.27. The molecule has 5 nitrogen and oxygen atoms in total. The molecule has 19 heavy (non-hydrogen) atoms. The molecule has 1 aromatic heterocycles. The molecule has 2 heterocycles. The molecule has 0 aromatic carbocycles. The molecule has 0 spiro atoms. The van der Waals surface area contributed by atoms with Crippen LogP contribution in [0.5, 0.6) is 0 Å². The van der Waals surface area contributed by atoms with Crippen LogP contribution in [0.2, 0.25) is 0 Å². The summed E-state index contributed by atoms with van der Waals surface area (Å²) < 4.78 is 5.79. The van der Waals surface area contributed by atoms with Crippen LogP contribution in [0, 0.1) is 0 Å². The molecule has 0 saturated carbocycles. The topological polar surface area (TPSA) is 54.2 Å². The average molecular weight is 266 g/mol. The van der Waals surface area contributed by atoms with Gasteiger partial charge in [0.1, 0.15) is 0 Å². The van der Waals surface area contributed by atoms with Gasteiger partial charge in [-0.25, -0.2) is 0 Å². The predicted molar refractivity (Wildman–Crippen MR) is 76.2 cm³/mol. The number of anilines is 1. The molecule has 0 bridgehead atoms. The highest BCUT2D eigenvalue weighted by Gasteiger charge is 2.25. The van der Waals surface area contributed by atoms with E-state index in [-0.39, 0.29) is 5.54 Å². The minimum Gasteiger partial charge on any atom is -0.407 e. The Kier molecular flexibility index (Phi) is 4.45. The SMILES string of the molecule is CCC1CCCCN1c1nnc(CNC(C)(C)C)o1. The Morgan fingerprint density at radius 2 is 2.11 bits per heavy atom. The molecule has 1 fully saturated rings. The van der Waals surface area contributed by atoms with E-state index in [9.17, 15) is 0 Å². The van der Waals surface area contributed by atoms with Gasteiger partial charge in [-0.3, -0.25) is 0 Å². The third-order valence-corrected chi connectivity index (χ3v) is 3.57. The van der Waals surface area contributed by atoms with Crippen molar-refractivity contribution in [2.24, 2.45) is 0 Å². The first-order valence-electron chi connectivity index (χ1n) is 7.33. The lowest BCUT2D eigenvalue weighted by Gasteiger charge is -2.33. The van der Waals surface area contributed by atoms with Gasteiger partial charge < -0.3 is 14.6 Å². The first kappa shape index (κ1) is 14.3. The van der Waals surface area contributed by atoms with Crippen molar-refractivity contribution in [1.82, 2.24) is 15.5 Å². The van der Waals surface area contributed by atoms with Gasteiger partial charge in [0.2, 0.25) is 5.89 Å². The second-order valence-corrected chi connectivity index (χ2v) is 6.33. The molecule has 108 valence electrons. The van der Waals surface area contributed by atoms with E-state index in [1.807, 2.05) is 0 Å². The quantitative estimate of drug-likeness (QED) is 0.908. The van der Waals surface area contributed by atoms with Gasteiger partial charge in [0.05, 0.1) is 6.54 Å². The third-order valence-electron chi connectivity index (χ3n) is 3.57. The van der Waals surface area contributed by atoms with Crippen molar-refractivity contribution in [3.63, 3.8) is 0 Å². The molecule has 1 atom stereocenters. The van der Waals surface area contributed by atoms with Crippen molar-refractivity contribution < 1.29 is 4.42 Å². The summed E-state index contributed by atoms with van der Waals surface area (Å²) in [6.07, 6.45) is 4.89. The monoisotopic (exact) mass is 266 g/mol. The lowest BCUT2D eigenvalue weighted by Crippen LogP contribution is -2.39. The van der Waals surface area contributed by atoms with Crippen LogP contribution in [0.25, 0.3) is 0 Å². The highest BCUT2D eigenvalue weighted by molar-refractivity contribution is 5.27. The van der Waals surface area contributed by atoms with Crippen LogP contribution in [0.4, 0.5) is 6.01 Å². The number of aromatic nitrogens is 2. The van der Waals surface area contributed by atoms with Crippen molar-refractivity contribution in [2.75, 3.05) is 11.4 Å². The van der Waals surface area contributed by atoms with Gasteiger partial charge in [-0.05, 0) is 46.5 Å². The molecule has 1 aromatic rings. The van der Waals surface area contributed by atoms with Crippen LogP contribution >= 0.6 is 0 Å². The summed E-state index contributed by atoms with van der Waals surface area (Å²) in [5.41, 5.74) is 0.0612. The zero-order valence-electron chi connectivity index (χ0n) is 12.6. The molecule has 0 amide bonds. The van der Waals surface area contributed by atoms with Crippen LogP contribution in [0.15, 0.2) is 4.42 Å². The van der Waals surface area contributed by atoms with Gasteiger partial charge in [-0.1, -0.05) is 12.0 Å². The summed E-state index contributed by atoms with van der Waals surface area (Å²) in [5, 5.41) is 11.7. The van der Waals surface area contributed by atoms with Gasteiger partial charge in [0, 0.05) is 18.1 Å². The molecule has 1 unspecified atom stereocenters. The van der Waals surface area contributed by atoms with Gasteiger partial charge >= 0.3 is 6.01 Å². The Labute approximate surface area is 115 Å². The predicted octanol–water partition coefficient (Wildman–Crippen LogP) is 2.73. The Hall–Kier alpha value is -1.10. The molecule has 1 aliphatic heterocycles. The van der Waals surface area contributed by atoms with Gasteiger partial charge in [0.15, 0.2) is 0 Å². The van der Waals surface area contributed by atoms with Crippen molar-refractivity contribution >= 4 is 6.01 Å². The maximum absolute atomic E-state index is 5.79. The van der Waals surface area contributed by atoms with Crippen molar-refractivity contribution in [3.05, 3.63) is 5.89 Å². The number of hydrogen-bond acceptors (Lipinski definition) is 5. The van der Waals surface area contributed by atoms with E-state index in [4.69, 9.17) is 4.42 Å². The molecule has 1 N–H and O–H groups in total. The zero-order valence-corrected chi connectivity index (χ0v) is 12.6. The lowest BCUT2D eigenvalue weighted by molar-refractivity contribution is 0.367. The standard InChI is InChI=1S/C14H26N4O/c1-5-11-8-6-7-9-18(11)13-17-16-12(19-13)10-15-14(2,3)4/h11,15H,5-10H2,1-4H3. The van der Waals surface area contributed by atoms with Gasteiger partial charge in [-0.2, -0.15) is 0 Å². The highest BCUT2D eigenvalue weighted by atomic mass is 16.4. The molecule has 1 aliphatic rings. The number of hydrogen-bond donors (Lipinski definition) is 1. The van der Waals surface area contributed by atoms with Gasteiger partial charge in [0.25, 0.3) is 0 Å². The smallest absolute Gasteiger partial charge is 0.318 e. The van der Waals surface area contributed by atoms with E-state index in [0.717, 1.165) is 13.0 Å². The molecule has 2 rings (SSSR count). The maximum Gasteiger partial charge on any atom is 0.318 e. The average Bonchev–Trinajstić information content (AvgIpc) is 2.84. The number of nitrogens with one attached hydrogen (secondary N) is 1. The van der Waals surface area contributed by atoms with Crippen molar-refractivity contribution in [2.45, 2.75) is 71.5 Å². The van der Waals surface area contributed by atoms with Crippen LogP contribution in [-0.4, -0.2) is 28.3 Å². The molecule has 5 heteroatoms. The largest absolute Gasteiger partial charge is 0.407 e. The fourth-order valence-corrected chi connectivity index (χ4v) is 2.45. The van der Waals surface area contributed by atoms with E-state index < -0.39 is 0 Å². The molecule has 0 aliphatic carbocycles. The molecular formula is C14H26N4O. The van der Waals surface area contributed by atoms with Gasteiger partial charge in [-0.15, -0.1) is 5.10 Å². The van der Waals surface area contributed by atoms with Crippen LogP contribution in [0.1, 0.15) is 59.3 Å². The van der Waals surface area contributed by atoms with Crippen molar-refractivity contribution in [3.8, 4) is 0 Å². The highest BCUT2D eigenvalue weighted by Crippen LogP contribution is 2.25. The summed E-state index contributed by atoms with van der Waals surface area (Å²) in [5.74, 6) is 0.672. The maximum atomic E-state index is 5.79. The van der Waals surface area contributed by atoms with E-state index in [1.54, 1.807) is 0 Å². The normalized spacial score (nSPS) is 20.8. The Bertz CT molecular complexity index is 396. The molecule has 0 radical (unpaired) electrons. The Balaban J connectivity index is 1.99. The number of piperidine rings is 1. The van der Waals surface area contributed by atoms with Crippen LogP contribution in [0.3, 0.4) is 0 Å².